The van der Waals surface area contributed by atoms with Crippen LogP contribution in [0.5, 0.6) is 0 Å². The maximum absolute atomic E-state index is 11.9. The molecule has 0 aliphatic rings. The van der Waals surface area contributed by atoms with Gasteiger partial charge in [0.05, 0.1) is 0 Å². The smallest absolute Gasteiger partial charge is 0.408 e. The predicted octanol–water partition coefficient (Wildman–Crippen LogP) is 3.52. The molecular formula is C14H25N3O3. The first kappa shape index (κ1) is 16.5. The van der Waals surface area contributed by atoms with E-state index in [1.165, 1.54) is 0 Å². The van der Waals surface area contributed by atoms with Crippen molar-refractivity contribution in [2.24, 2.45) is 0 Å². The topological polar surface area (TPSA) is 77.2 Å². The molecular weight excluding hydrogens is 258 g/mol. The fourth-order valence-electron chi connectivity index (χ4n) is 1.76. The second-order valence-corrected chi connectivity index (χ2v) is 5.85. The van der Waals surface area contributed by atoms with E-state index in [1.54, 1.807) is 6.92 Å². The lowest BCUT2D eigenvalue weighted by atomic mass is 10.1. The Morgan fingerprint density at radius 2 is 2.05 bits per heavy atom. The Bertz CT molecular complexity index is 424. The van der Waals surface area contributed by atoms with E-state index >= 15 is 0 Å². The highest BCUT2D eigenvalue weighted by molar-refractivity contribution is 5.68. The number of carbonyl (C=O) groups excluding carboxylic acids is 1. The molecule has 1 amide bonds. The minimum atomic E-state index is -0.525. The molecule has 1 aromatic heterocycles. The minimum Gasteiger partial charge on any atom is -0.444 e. The Balaban J connectivity index is 2.65. The van der Waals surface area contributed by atoms with Gasteiger partial charge in [0.1, 0.15) is 11.6 Å². The molecule has 0 fully saturated rings. The number of unbranched alkanes of at least 4 members (excludes halogenated alkanes) is 2. The van der Waals surface area contributed by atoms with Gasteiger partial charge in [0.25, 0.3) is 0 Å². The maximum Gasteiger partial charge on any atom is 0.408 e. The van der Waals surface area contributed by atoms with Crippen molar-refractivity contribution in [3.8, 4) is 0 Å². The van der Waals surface area contributed by atoms with Gasteiger partial charge in [-0.15, -0.1) is 10.2 Å². The lowest BCUT2D eigenvalue weighted by Crippen LogP contribution is -2.35. The molecule has 0 aliphatic carbocycles. The van der Waals surface area contributed by atoms with Crippen molar-refractivity contribution < 1.29 is 13.9 Å². The summed E-state index contributed by atoms with van der Waals surface area (Å²) in [6.45, 7) is 9.35. The summed E-state index contributed by atoms with van der Waals surface area (Å²) in [6.07, 6.45) is 3.49. The van der Waals surface area contributed by atoms with Gasteiger partial charge >= 0.3 is 6.09 Å². The molecule has 0 spiro atoms. The summed E-state index contributed by atoms with van der Waals surface area (Å²) in [6, 6.07) is -0.294. The van der Waals surface area contributed by atoms with Crippen LogP contribution in [-0.4, -0.2) is 21.9 Å². The van der Waals surface area contributed by atoms with Crippen molar-refractivity contribution in [1.82, 2.24) is 15.5 Å². The van der Waals surface area contributed by atoms with Gasteiger partial charge < -0.3 is 14.5 Å². The zero-order valence-electron chi connectivity index (χ0n) is 13.0. The summed E-state index contributed by atoms with van der Waals surface area (Å²) in [5.41, 5.74) is -0.525. The summed E-state index contributed by atoms with van der Waals surface area (Å²) in [5.74, 6) is 0.927. The van der Waals surface area contributed by atoms with E-state index in [-0.39, 0.29) is 6.04 Å². The number of nitrogens with one attached hydrogen (secondary N) is 1. The van der Waals surface area contributed by atoms with Crippen LogP contribution in [0, 0.1) is 6.92 Å². The van der Waals surface area contributed by atoms with E-state index < -0.39 is 11.7 Å². The van der Waals surface area contributed by atoms with E-state index in [4.69, 9.17) is 9.15 Å². The Labute approximate surface area is 120 Å². The van der Waals surface area contributed by atoms with Crippen LogP contribution in [0.2, 0.25) is 0 Å². The summed E-state index contributed by atoms with van der Waals surface area (Å²) in [7, 11) is 0. The SMILES string of the molecule is CCCCC[C@H](NC(=O)OC(C)(C)C)c1nnc(C)o1. The molecule has 20 heavy (non-hydrogen) atoms. The summed E-state index contributed by atoms with van der Waals surface area (Å²) in [5, 5.41) is 10.6. The van der Waals surface area contributed by atoms with Crippen LogP contribution in [-0.2, 0) is 4.74 Å². The molecule has 1 atom stereocenters. The van der Waals surface area contributed by atoms with Gasteiger partial charge in [-0.05, 0) is 27.2 Å². The van der Waals surface area contributed by atoms with E-state index in [0.717, 1.165) is 25.7 Å². The van der Waals surface area contributed by atoms with Crippen molar-refractivity contribution in [2.45, 2.75) is 71.9 Å². The number of nitrogens with zero attached hydrogens (tertiary/aromatic N) is 2. The molecule has 0 bridgehead atoms. The number of ether oxygens (including phenoxy) is 1. The normalized spacial score (nSPS) is 13.1. The highest BCUT2D eigenvalue weighted by Gasteiger charge is 2.23. The molecule has 1 N–H and O–H groups in total. The third-order valence-corrected chi connectivity index (χ3v) is 2.63. The number of rotatable bonds is 6. The van der Waals surface area contributed by atoms with Gasteiger partial charge in [-0.1, -0.05) is 26.2 Å². The van der Waals surface area contributed by atoms with Crippen LogP contribution >= 0.6 is 0 Å². The maximum atomic E-state index is 11.9. The zero-order valence-corrected chi connectivity index (χ0v) is 13.0. The first-order chi connectivity index (χ1) is 9.31. The number of alkyl carbamates (subject to hydrolysis) is 1. The van der Waals surface area contributed by atoms with Crippen molar-refractivity contribution >= 4 is 6.09 Å². The summed E-state index contributed by atoms with van der Waals surface area (Å²) < 4.78 is 10.7. The highest BCUT2D eigenvalue weighted by Crippen LogP contribution is 2.19. The number of carbonyl (C=O) groups is 1. The van der Waals surface area contributed by atoms with Crippen LogP contribution < -0.4 is 5.32 Å². The fourth-order valence-corrected chi connectivity index (χ4v) is 1.76. The van der Waals surface area contributed by atoms with E-state index in [9.17, 15) is 4.79 Å². The van der Waals surface area contributed by atoms with E-state index in [1.807, 2.05) is 20.8 Å². The molecule has 1 heterocycles. The molecule has 114 valence electrons. The molecule has 6 heteroatoms. The minimum absolute atomic E-state index is 0.294. The zero-order chi connectivity index (χ0) is 15.2. The van der Waals surface area contributed by atoms with Crippen LogP contribution in [0.4, 0.5) is 4.79 Å². The van der Waals surface area contributed by atoms with Crippen molar-refractivity contribution in [1.29, 1.82) is 0 Å². The van der Waals surface area contributed by atoms with Gasteiger partial charge in [0.2, 0.25) is 11.8 Å². The Morgan fingerprint density at radius 3 is 2.55 bits per heavy atom. The number of amides is 1. The Morgan fingerprint density at radius 1 is 1.35 bits per heavy atom. The monoisotopic (exact) mass is 283 g/mol. The molecule has 0 radical (unpaired) electrons. The molecule has 0 aliphatic heterocycles. The van der Waals surface area contributed by atoms with Gasteiger partial charge in [-0.25, -0.2) is 4.79 Å². The second kappa shape index (κ2) is 7.26. The van der Waals surface area contributed by atoms with Crippen LogP contribution in [0.25, 0.3) is 0 Å². The molecule has 1 aromatic rings. The first-order valence-electron chi connectivity index (χ1n) is 7.11. The predicted molar refractivity (Wildman–Crippen MR) is 75.3 cm³/mol. The summed E-state index contributed by atoms with van der Waals surface area (Å²) in [4.78, 5) is 11.9. The standard InChI is InChI=1S/C14H25N3O3/c1-6-7-8-9-11(12-17-16-10(2)19-12)15-13(18)20-14(3,4)5/h11H,6-9H2,1-5H3,(H,15,18)/t11-/m0/s1. The largest absolute Gasteiger partial charge is 0.444 e. The van der Waals surface area contributed by atoms with Crippen LogP contribution in [0.1, 0.15) is 71.2 Å². The average molecular weight is 283 g/mol. The highest BCUT2D eigenvalue weighted by atomic mass is 16.6. The van der Waals surface area contributed by atoms with Gasteiger partial charge in [-0.3, -0.25) is 0 Å². The number of hydrogen-bond acceptors (Lipinski definition) is 5. The third-order valence-electron chi connectivity index (χ3n) is 2.63. The average Bonchev–Trinajstić information content (AvgIpc) is 2.72. The Hall–Kier alpha value is -1.59. The quantitative estimate of drug-likeness (QED) is 0.808. The molecule has 0 unspecified atom stereocenters. The molecule has 0 aromatic carbocycles. The van der Waals surface area contributed by atoms with E-state index in [2.05, 4.69) is 22.4 Å². The molecule has 0 saturated carbocycles. The first-order valence-corrected chi connectivity index (χ1v) is 7.11. The number of hydrogen-bond donors (Lipinski definition) is 1. The molecule has 6 nitrogen and oxygen atoms in total. The number of aryl methyl sites for hydroxylation is 1. The van der Waals surface area contributed by atoms with Crippen molar-refractivity contribution in [3.05, 3.63) is 11.8 Å². The molecule has 1 rings (SSSR count). The van der Waals surface area contributed by atoms with Crippen molar-refractivity contribution in [3.63, 3.8) is 0 Å². The lowest BCUT2D eigenvalue weighted by molar-refractivity contribution is 0.0491. The summed E-state index contributed by atoms with van der Waals surface area (Å²) >= 11 is 0. The van der Waals surface area contributed by atoms with Crippen molar-refractivity contribution in [2.75, 3.05) is 0 Å². The fraction of sp³-hybridized carbons (Fsp3) is 0.786. The lowest BCUT2D eigenvalue weighted by Gasteiger charge is -2.22. The van der Waals surface area contributed by atoms with Gasteiger partial charge in [0, 0.05) is 6.92 Å². The van der Waals surface area contributed by atoms with Gasteiger partial charge in [0.15, 0.2) is 0 Å². The number of aromatic nitrogens is 2. The second-order valence-electron chi connectivity index (χ2n) is 5.85. The Kier molecular flexibility index (Phi) is 5.98. The van der Waals surface area contributed by atoms with Crippen LogP contribution in [0.3, 0.4) is 0 Å². The molecule has 0 saturated heterocycles. The third kappa shape index (κ3) is 6.04. The van der Waals surface area contributed by atoms with Gasteiger partial charge in [-0.2, -0.15) is 0 Å². The van der Waals surface area contributed by atoms with Crippen LogP contribution in [0.15, 0.2) is 4.42 Å². The van der Waals surface area contributed by atoms with E-state index in [0.29, 0.717) is 11.8 Å².